The number of hydrogen-bond acceptors (Lipinski definition) is 4. The van der Waals surface area contributed by atoms with Crippen LogP contribution in [-0.4, -0.2) is 40.6 Å². The van der Waals surface area contributed by atoms with Crippen LogP contribution in [0.3, 0.4) is 0 Å². The maximum absolute atomic E-state index is 6.23. The van der Waals surface area contributed by atoms with Crippen molar-refractivity contribution in [1.29, 1.82) is 0 Å². The molecule has 134 valence electrons. The van der Waals surface area contributed by atoms with Crippen LogP contribution in [0.5, 0.6) is 11.5 Å². The predicted molar refractivity (Wildman–Crippen MR) is 98.0 cm³/mol. The minimum Gasteiger partial charge on any atom is -0.490 e. The number of methoxy groups -OCH3 is 2. The van der Waals surface area contributed by atoms with Gasteiger partial charge in [0, 0.05) is 36.1 Å². The van der Waals surface area contributed by atoms with Gasteiger partial charge in [-0.15, -0.1) is 0 Å². The zero-order valence-corrected chi connectivity index (χ0v) is 15.0. The molecule has 1 saturated carbocycles. The Morgan fingerprint density at radius 2 is 1.24 bits per heavy atom. The summed E-state index contributed by atoms with van der Waals surface area (Å²) in [5.41, 5.74) is 2.77. The van der Waals surface area contributed by atoms with Gasteiger partial charge in [0.05, 0.1) is 13.2 Å². The van der Waals surface area contributed by atoms with E-state index in [1.54, 1.807) is 14.2 Å². The van der Waals surface area contributed by atoms with E-state index in [9.17, 15) is 0 Å². The SMILES string of the molecule is COCCOc1c2c(c(OCCOC)c3ccccc13)C1CCC2C1. The standard InChI is InChI=1S/C21H26O4/c1-22-9-11-24-20-16-5-3-4-6-17(16)21(25-12-10-23-2)19-15-8-7-14(13-15)18(19)20/h3-6,14-15H,7-13H2,1-2H3. The molecule has 2 bridgehead atoms. The van der Waals surface area contributed by atoms with Gasteiger partial charge in [-0.05, 0) is 31.1 Å². The van der Waals surface area contributed by atoms with Crippen LogP contribution in [0.25, 0.3) is 10.8 Å². The minimum absolute atomic E-state index is 0.578. The first-order chi connectivity index (χ1) is 12.3. The van der Waals surface area contributed by atoms with Crippen LogP contribution in [-0.2, 0) is 9.47 Å². The van der Waals surface area contributed by atoms with Gasteiger partial charge < -0.3 is 18.9 Å². The third-order valence-electron chi connectivity index (χ3n) is 5.51. The lowest BCUT2D eigenvalue weighted by atomic mass is 9.87. The topological polar surface area (TPSA) is 36.9 Å². The Morgan fingerprint density at radius 1 is 0.760 bits per heavy atom. The molecular formula is C21H26O4. The molecule has 2 aliphatic carbocycles. The summed E-state index contributed by atoms with van der Waals surface area (Å²) in [6, 6.07) is 8.44. The highest BCUT2D eigenvalue weighted by atomic mass is 16.5. The molecule has 0 aliphatic heterocycles. The molecular weight excluding hydrogens is 316 g/mol. The molecule has 0 heterocycles. The quantitative estimate of drug-likeness (QED) is 0.672. The average molecular weight is 342 g/mol. The number of rotatable bonds is 8. The van der Waals surface area contributed by atoms with Gasteiger partial charge in [0.15, 0.2) is 0 Å². The molecule has 2 aliphatic rings. The lowest BCUT2D eigenvalue weighted by molar-refractivity contribution is 0.144. The number of ether oxygens (including phenoxy) is 4. The van der Waals surface area contributed by atoms with Crippen molar-refractivity contribution in [2.45, 2.75) is 31.1 Å². The van der Waals surface area contributed by atoms with Crippen LogP contribution in [0.2, 0.25) is 0 Å². The van der Waals surface area contributed by atoms with Crippen LogP contribution in [0.15, 0.2) is 24.3 Å². The van der Waals surface area contributed by atoms with Crippen molar-refractivity contribution in [3.05, 3.63) is 35.4 Å². The van der Waals surface area contributed by atoms with E-state index < -0.39 is 0 Å². The predicted octanol–water partition coefficient (Wildman–Crippen LogP) is 4.25. The third kappa shape index (κ3) is 2.87. The molecule has 2 aromatic rings. The first kappa shape index (κ1) is 16.7. The van der Waals surface area contributed by atoms with Gasteiger partial charge in [-0.3, -0.25) is 0 Å². The second-order valence-corrected chi connectivity index (χ2v) is 6.92. The zero-order chi connectivity index (χ0) is 17.2. The fourth-order valence-electron chi connectivity index (χ4n) is 4.50. The summed E-state index contributed by atoms with van der Waals surface area (Å²) in [6.07, 6.45) is 3.75. The zero-order valence-electron chi connectivity index (χ0n) is 15.0. The molecule has 0 radical (unpaired) electrons. The molecule has 2 atom stereocenters. The molecule has 1 fully saturated rings. The first-order valence-electron chi connectivity index (χ1n) is 9.17. The Morgan fingerprint density at radius 3 is 1.68 bits per heavy atom. The van der Waals surface area contributed by atoms with E-state index in [-0.39, 0.29) is 0 Å². The van der Waals surface area contributed by atoms with Crippen molar-refractivity contribution in [1.82, 2.24) is 0 Å². The smallest absolute Gasteiger partial charge is 0.131 e. The van der Waals surface area contributed by atoms with Crippen molar-refractivity contribution in [3.63, 3.8) is 0 Å². The summed E-state index contributed by atoms with van der Waals surface area (Å²) in [5, 5.41) is 2.30. The Balaban J connectivity index is 1.84. The second-order valence-electron chi connectivity index (χ2n) is 6.92. The Labute approximate surface area is 149 Å². The van der Waals surface area contributed by atoms with Gasteiger partial charge in [-0.25, -0.2) is 0 Å². The normalized spacial score (nSPS) is 20.9. The van der Waals surface area contributed by atoms with Crippen LogP contribution < -0.4 is 9.47 Å². The van der Waals surface area contributed by atoms with E-state index in [0.29, 0.717) is 38.3 Å². The third-order valence-corrected chi connectivity index (χ3v) is 5.51. The summed E-state index contributed by atoms with van der Waals surface area (Å²) in [6.45, 7) is 2.36. The molecule has 4 heteroatoms. The van der Waals surface area contributed by atoms with Gasteiger partial charge >= 0.3 is 0 Å². The fourth-order valence-corrected chi connectivity index (χ4v) is 4.50. The lowest BCUT2D eigenvalue weighted by Gasteiger charge is -2.25. The highest BCUT2D eigenvalue weighted by Gasteiger charge is 2.42. The molecule has 0 saturated heterocycles. The van der Waals surface area contributed by atoms with E-state index in [1.165, 1.54) is 30.4 Å². The Bertz CT molecular complexity index is 693. The van der Waals surface area contributed by atoms with Gasteiger partial charge in [-0.1, -0.05) is 24.3 Å². The molecule has 0 spiro atoms. The van der Waals surface area contributed by atoms with E-state index in [1.807, 2.05) is 0 Å². The molecule has 4 rings (SSSR count). The molecule has 4 nitrogen and oxygen atoms in total. The lowest BCUT2D eigenvalue weighted by Crippen LogP contribution is -2.12. The monoisotopic (exact) mass is 342 g/mol. The van der Waals surface area contributed by atoms with Crippen LogP contribution in [0.4, 0.5) is 0 Å². The molecule has 2 aromatic carbocycles. The summed E-state index contributed by atoms with van der Waals surface area (Å²) in [7, 11) is 3.42. The number of fused-ring (bicyclic) bond motifs is 6. The molecule has 0 amide bonds. The Hall–Kier alpha value is -1.78. The van der Waals surface area contributed by atoms with Crippen LogP contribution >= 0.6 is 0 Å². The van der Waals surface area contributed by atoms with Crippen LogP contribution in [0.1, 0.15) is 42.2 Å². The van der Waals surface area contributed by atoms with Gasteiger partial charge in [0.2, 0.25) is 0 Å². The van der Waals surface area contributed by atoms with Crippen molar-refractivity contribution < 1.29 is 18.9 Å². The number of benzene rings is 2. The maximum Gasteiger partial charge on any atom is 0.131 e. The minimum atomic E-state index is 0.578. The molecule has 0 N–H and O–H groups in total. The average Bonchev–Trinajstić information content (AvgIpc) is 3.25. The van der Waals surface area contributed by atoms with Crippen molar-refractivity contribution in [3.8, 4) is 11.5 Å². The highest BCUT2D eigenvalue weighted by Crippen LogP contribution is 2.61. The molecule has 25 heavy (non-hydrogen) atoms. The molecule has 0 aromatic heterocycles. The van der Waals surface area contributed by atoms with Crippen molar-refractivity contribution >= 4 is 10.8 Å². The van der Waals surface area contributed by atoms with E-state index in [4.69, 9.17) is 18.9 Å². The largest absolute Gasteiger partial charge is 0.490 e. The van der Waals surface area contributed by atoms with Gasteiger partial charge in [0.25, 0.3) is 0 Å². The first-order valence-corrected chi connectivity index (χ1v) is 9.17. The highest BCUT2D eigenvalue weighted by molar-refractivity contribution is 5.97. The van der Waals surface area contributed by atoms with Gasteiger partial charge in [-0.2, -0.15) is 0 Å². The van der Waals surface area contributed by atoms with Crippen molar-refractivity contribution in [2.24, 2.45) is 0 Å². The summed E-state index contributed by atoms with van der Waals surface area (Å²) in [4.78, 5) is 0. The van der Waals surface area contributed by atoms with Gasteiger partial charge in [0.1, 0.15) is 24.7 Å². The summed E-state index contributed by atoms with van der Waals surface area (Å²) < 4.78 is 22.8. The summed E-state index contributed by atoms with van der Waals surface area (Å²) >= 11 is 0. The van der Waals surface area contributed by atoms with E-state index in [0.717, 1.165) is 22.3 Å². The van der Waals surface area contributed by atoms with E-state index in [2.05, 4.69) is 24.3 Å². The van der Waals surface area contributed by atoms with Crippen LogP contribution in [0, 0.1) is 0 Å². The Kier molecular flexibility index (Phi) is 4.82. The molecule has 2 unspecified atom stereocenters. The fraction of sp³-hybridized carbons (Fsp3) is 0.524. The number of hydrogen-bond donors (Lipinski definition) is 0. The van der Waals surface area contributed by atoms with E-state index >= 15 is 0 Å². The van der Waals surface area contributed by atoms with Crippen molar-refractivity contribution in [2.75, 3.05) is 40.6 Å². The maximum atomic E-state index is 6.23. The second kappa shape index (κ2) is 7.22. The summed E-state index contributed by atoms with van der Waals surface area (Å²) in [5.74, 6) is 3.31.